The Balaban J connectivity index is 2.92. The molecule has 0 aliphatic heterocycles. The van der Waals surface area contributed by atoms with E-state index in [-0.39, 0.29) is 12.2 Å². The van der Waals surface area contributed by atoms with Crippen LogP contribution in [0, 0.1) is 11.6 Å². The zero-order valence-electron chi connectivity index (χ0n) is 7.93. The van der Waals surface area contributed by atoms with Gasteiger partial charge >= 0.3 is 0 Å². The second-order valence-electron chi connectivity index (χ2n) is 2.96. The van der Waals surface area contributed by atoms with Crippen molar-refractivity contribution < 1.29 is 13.9 Å². The molecular formula is C10H13F2NO. The molecule has 14 heavy (non-hydrogen) atoms. The van der Waals surface area contributed by atoms with Crippen LogP contribution in [0.3, 0.4) is 0 Å². The number of nitrogens with one attached hydrogen (secondary N) is 1. The highest BCUT2D eigenvalue weighted by Crippen LogP contribution is 2.17. The predicted octanol–water partition coefficient (Wildman–Crippen LogP) is 1.61. The first-order chi connectivity index (χ1) is 6.69. The highest BCUT2D eigenvalue weighted by atomic mass is 19.1. The molecule has 0 aromatic heterocycles. The van der Waals surface area contributed by atoms with Gasteiger partial charge in [0.15, 0.2) is 0 Å². The van der Waals surface area contributed by atoms with Crippen molar-refractivity contribution in [2.75, 3.05) is 13.2 Å². The van der Waals surface area contributed by atoms with E-state index >= 15 is 0 Å². The van der Waals surface area contributed by atoms with Crippen LogP contribution >= 0.6 is 0 Å². The fraction of sp³-hybridized carbons (Fsp3) is 0.400. The lowest BCUT2D eigenvalue weighted by Gasteiger charge is -2.15. The van der Waals surface area contributed by atoms with Gasteiger partial charge in [0.25, 0.3) is 0 Å². The van der Waals surface area contributed by atoms with Gasteiger partial charge in [-0.05, 0) is 12.6 Å². The van der Waals surface area contributed by atoms with Gasteiger partial charge in [-0.3, -0.25) is 0 Å². The highest BCUT2D eigenvalue weighted by Gasteiger charge is 2.13. The summed E-state index contributed by atoms with van der Waals surface area (Å²) in [7, 11) is 0. The van der Waals surface area contributed by atoms with Gasteiger partial charge in [-0.25, -0.2) is 8.78 Å². The van der Waals surface area contributed by atoms with E-state index in [1.54, 1.807) is 0 Å². The molecule has 1 unspecified atom stereocenters. The zero-order valence-corrected chi connectivity index (χ0v) is 7.93. The number of hydrogen-bond acceptors (Lipinski definition) is 2. The summed E-state index contributed by atoms with van der Waals surface area (Å²) in [6.45, 7) is 2.25. The molecule has 1 rings (SSSR count). The lowest BCUT2D eigenvalue weighted by molar-refractivity contribution is 0.243. The first kappa shape index (κ1) is 11.1. The van der Waals surface area contributed by atoms with Crippen molar-refractivity contribution in [1.82, 2.24) is 5.32 Å². The Morgan fingerprint density at radius 3 is 2.64 bits per heavy atom. The average Bonchev–Trinajstić information content (AvgIpc) is 2.15. The Bertz CT molecular complexity index is 304. The van der Waals surface area contributed by atoms with Crippen LogP contribution in [-0.4, -0.2) is 18.3 Å². The molecule has 1 atom stereocenters. The van der Waals surface area contributed by atoms with Crippen LogP contribution in [0.2, 0.25) is 0 Å². The van der Waals surface area contributed by atoms with E-state index in [0.29, 0.717) is 6.54 Å². The van der Waals surface area contributed by atoms with Crippen LogP contribution < -0.4 is 5.32 Å². The molecule has 0 radical (unpaired) electrons. The summed E-state index contributed by atoms with van der Waals surface area (Å²) in [6.07, 6.45) is 0. The van der Waals surface area contributed by atoms with Crippen molar-refractivity contribution in [3.63, 3.8) is 0 Å². The van der Waals surface area contributed by atoms with Crippen LogP contribution in [-0.2, 0) is 0 Å². The maximum atomic E-state index is 13.2. The Hall–Kier alpha value is -1.00. The van der Waals surface area contributed by atoms with Crippen molar-refractivity contribution >= 4 is 0 Å². The summed E-state index contributed by atoms with van der Waals surface area (Å²) >= 11 is 0. The summed E-state index contributed by atoms with van der Waals surface area (Å²) in [6, 6.07) is 2.86. The van der Waals surface area contributed by atoms with Gasteiger partial charge in [0.2, 0.25) is 0 Å². The van der Waals surface area contributed by atoms with Crippen molar-refractivity contribution in [2.45, 2.75) is 13.0 Å². The molecule has 0 bridgehead atoms. The second-order valence-corrected chi connectivity index (χ2v) is 2.96. The Kier molecular flexibility index (Phi) is 3.98. The monoisotopic (exact) mass is 201 g/mol. The minimum Gasteiger partial charge on any atom is -0.394 e. The summed E-state index contributed by atoms with van der Waals surface area (Å²) in [5.41, 5.74) is 0.288. The summed E-state index contributed by atoms with van der Waals surface area (Å²) in [5.74, 6) is -1.25. The van der Waals surface area contributed by atoms with Crippen LogP contribution in [0.25, 0.3) is 0 Å². The number of aliphatic hydroxyl groups is 1. The SMILES string of the molecule is CCNC(CO)c1ccc(F)cc1F. The van der Waals surface area contributed by atoms with Crippen molar-refractivity contribution in [1.29, 1.82) is 0 Å². The number of halogens is 2. The van der Waals surface area contributed by atoms with Gasteiger partial charge in [0, 0.05) is 11.6 Å². The summed E-state index contributed by atoms with van der Waals surface area (Å²) in [5, 5.41) is 11.9. The Labute approximate surface area is 81.6 Å². The van der Waals surface area contributed by atoms with E-state index in [0.717, 1.165) is 6.07 Å². The van der Waals surface area contributed by atoms with Crippen LogP contribution in [0.15, 0.2) is 18.2 Å². The number of rotatable bonds is 4. The molecular weight excluding hydrogens is 188 g/mol. The molecule has 0 aliphatic rings. The molecule has 0 saturated carbocycles. The molecule has 0 saturated heterocycles. The average molecular weight is 201 g/mol. The normalized spacial score (nSPS) is 12.9. The van der Waals surface area contributed by atoms with Gasteiger partial charge < -0.3 is 10.4 Å². The maximum absolute atomic E-state index is 13.2. The highest BCUT2D eigenvalue weighted by molar-refractivity contribution is 5.22. The molecule has 2 N–H and O–H groups in total. The van der Waals surface area contributed by atoms with Crippen molar-refractivity contribution in [3.05, 3.63) is 35.4 Å². The lowest BCUT2D eigenvalue weighted by atomic mass is 10.1. The lowest BCUT2D eigenvalue weighted by Crippen LogP contribution is -2.24. The van der Waals surface area contributed by atoms with Crippen LogP contribution in [0.1, 0.15) is 18.5 Å². The molecule has 2 nitrogen and oxygen atoms in total. The fourth-order valence-corrected chi connectivity index (χ4v) is 1.30. The van der Waals surface area contributed by atoms with E-state index in [1.807, 2.05) is 6.92 Å². The smallest absolute Gasteiger partial charge is 0.130 e. The molecule has 78 valence electrons. The van der Waals surface area contributed by atoms with Crippen LogP contribution in [0.4, 0.5) is 8.78 Å². The van der Waals surface area contributed by atoms with Gasteiger partial charge in [0.05, 0.1) is 12.6 Å². The number of benzene rings is 1. The molecule has 0 fully saturated rings. The standard InChI is InChI=1S/C10H13F2NO/c1-2-13-10(6-14)8-4-3-7(11)5-9(8)12/h3-5,10,13-14H,2,6H2,1H3. The topological polar surface area (TPSA) is 32.3 Å². The predicted molar refractivity (Wildman–Crippen MR) is 49.9 cm³/mol. The Morgan fingerprint density at radius 2 is 2.14 bits per heavy atom. The number of hydrogen-bond donors (Lipinski definition) is 2. The van der Waals surface area contributed by atoms with E-state index in [2.05, 4.69) is 5.32 Å². The van der Waals surface area contributed by atoms with Gasteiger partial charge in [-0.2, -0.15) is 0 Å². The molecule has 0 heterocycles. The van der Waals surface area contributed by atoms with E-state index < -0.39 is 17.7 Å². The molecule has 0 spiro atoms. The number of aliphatic hydroxyl groups excluding tert-OH is 1. The number of likely N-dealkylation sites (N-methyl/N-ethyl adjacent to an activating group) is 1. The zero-order chi connectivity index (χ0) is 10.6. The summed E-state index contributed by atoms with van der Waals surface area (Å²) < 4.78 is 25.8. The molecule has 1 aromatic rings. The van der Waals surface area contributed by atoms with Gasteiger partial charge in [-0.15, -0.1) is 0 Å². The van der Waals surface area contributed by atoms with Crippen LogP contribution in [0.5, 0.6) is 0 Å². The van der Waals surface area contributed by atoms with E-state index in [1.165, 1.54) is 12.1 Å². The molecule has 0 amide bonds. The largest absolute Gasteiger partial charge is 0.394 e. The first-order valence-electron chi connectivity index (χ1n) is 4.48. The third kappa shape index (κ3) is 2.49. The van der Waals surface area contributed by atoms with E-state index in [4.69, 9.17) is 5.11 Å². The minimum atomic E-state index is -0.634. The van der Waals surface area contributed by atoms with Crippen molar-refractivity contribution in [2.24, 2.45) is 0 Å². The molecule has 0 aliphatic carbocycles. The van der Waals surface area contributed by atoms with E-state index in [9.17, 15) is 8.78 Å². The van der Waals surface area contributed by atoms with Gasteiger partial charge in [0.1, 0.15) is 11.6 Å². The second kappa shape index (κ2) is 5.02. The van der Waals surface area contributed by atoms with Crippen molar-refractivity contribution in [3.8, 4) is 0 Å². The third-order valence-electron chi connectivity index (χ3n) is 1.97. The molecule has 4 heteroatoms. The quantitative estimate of drug-likeness (QED) is 0.775. The Morgan fingerprint density at radius 1 is 1.43 bits per heavy atom. The maximum Gasteiger partial charge on any atom is 0.130 e. The van der Waals surface area contributed by atoms with Gasteiger partial charge in [-0.1, -0.05) is 13.0 Å². The minimum absolute atomic E-state index is 0.212. The third-order valence-corrected chi connectivity index (χ3v) is 1.97. The fourth-order valence-electron chi connectivity index (χ4n) is 1.30. The molecule has 1 aromatic carbocycles. The first-order valence-corrected chi connectivity index (χ1v) is 4.48. The summed E-state index contributed by atoms with van der Waals surface area (Å²) in [4.78, 5) is 0.